The summed E-state index contributed by atoms with van der Waals surface area (Å²) in [5, 5.41) is 18.7. The van der Waals surface area contributed by atoms with Gasteiger partial charge in [-0.3, -0.25) is 0 Å². The number of hydrogen-bond donors (Lipinski definition) is 3. The Kier molecular flexibility index (Phi) is 3.53. The summed E-state index contributed by atoms with van der Waals surface area (Å²) in [5.41, 5.74) is -0.467. The van der Waals surface area contributed by atoms with Crippen molar-refractivity contribution in [1.29, 1.82) is 0 Å². The Hall–Kier alpha value is -1.73. The van der Waals surface area contributed by atoms with E-state index < -0.39 is 23.9 Å². The van der Waals surface area contributed by atoms with Crippen LogP contribution in [0.1, 0.15) is 11.7 Å². The molecule has 0 aliphatic heterocycles. The monoisotopic (exact) mass is 214 g/mol. The number of nitrogens with one attached hydrogen (secondary N) is 1. The molecule has 0 radical (unpaired) electrons. The summed E-state index contributed by atoms with van der Waals surface area (Å²) >= 11 is 0. The summed E-state index contributed by atoms with van der Waals surface area (Å²) in [6.07, 6.45) is -0.966. The van der Waals surface area contributed by atoms with Crippen molar-refractivity contribution in [3.05, 3.63) is 28.4 Å². The molecule has 0 aliphatic rings. The molecule has 3 N–H and O–H groups in total. The molecule has 0 aliphatic carbocycles. The minimum atomic E-state index is -1.71. The molecule has 1 rings (SSSR count). The number of hydrogen-bond acceptors (Lipinski definition) is 6. The summed E-state index contributed by atoms with van der Waals surface area (Å²) in [5.74, 6) is -0.964. The summed E-state index contributed by atoms with van der Waals surface area (Å²) in [7, 11) is 1.09. The molecule has 7 nitrogen and oxygen atoms in total. The number of carbonyl (C=O) groups excluding carboxylic acids is 1. The van der Waals surface area contributed by atoms with E-state index in [2.05, 4.69) is 14.7 Å². The topological polar surface area (TPSA) is 113 Å². The Bertz CT molecular complexity index is 382. The van der Waals surface area contributed by atoms with Crippen molar-refractivity contribution in [3.63, 3.8) is 0 Å². The first-order chi connectivity index (χ1) is 7.06. The van der Waals surface area contributed by atoms with Gasteiger partial charge in [-0.05, 0) is 0 Å². The van der Waals surface area contributed by atoms with Crippen molar-refractivity contribution < 1.29 is 19.7 Å². The SMILES string of the molecule is COC(=O)C(O)C(O)c1cnc(=O)[nH]c1. The van der Waals surface area contributed by atoms with E-state index in [0.717, 1.165) is 19.5 Å². The molecule has 82 valence electrons. The van der Waals surface area contributed by atoms with Crippen LogP contribution in [0.25, 0.3) is 0 Å². The molecule has 0 amide bonds. The van der Waals surface area contributed by atoms with Crippen molar-refractivity contribution >= 4 is 5.97 Å². The number of ether oxygens (including phenoxy) is 1. The van der Waals surface area contributed by atoms with Gasteiger partial charge < -0.3 is 19.9 Å². The lowest BCUT2D eigenvalue weighted by Crippen LogP contribution is -2.29. The third-order valence-electron chi connectivity index (χ3n) is 1.78. The second-order valence-corrected chi connectivity index (χ2v) is 2.76. The molecule has 0 saturated carbocycles. The molecule has 1 aromatic rings. The normalized spacial score (nSPS) is 14.3. The van der Waals surface area contributed by atoms with Crippen LogP contribution in [0.4, 0.5) is 0 Å². The van der Waals surface area contributed by atoms with Crippen molar-refractivity contribution in [3.8, 4) is 0 Å². The highest BCUT2D eigenvalue weighted by molar-refractivity contribution is 5.75. The van der Waals surface area contributed by atoms with Crippen LogP contribution >= 0.6 is 0 Å². The fraction of sp³-hybridized carbons (Fsp3) is 0.375. The molecule has 1 heterocycles. The van der Waals surface area contributed by atoms with Crippen LogP contribution in [0.15, 0.2) is 17.2 Å². The molecule has 0 fully saturated rings. The van der Waals surface area contributed by atoms with Gasteiger partial charge in [0.1, 0.15) is 6.10 Å². The van der Waals surface area contributed by atoms with E-state index >= 15 is 0 Å². The Morgan fingerprint density at radius 3 is 2.73 bits per heavy atom. The highest BCUT2D eigenvalue weighted by Gasteiger charge is 2.26. The summed E-state index contributed by atoms with van der Waals surface area (Å²) in [6.45, 7) is 0. The molecule has 0 aromatic carbocycles. The van der Waals surface area contributed by atoms with Gasteiger partial charge in [-0.1, -0.05) is 0 Å². The number of nitrogens with zero attached hydrogens (tertiary/aromatic N) is 1. The molecular weight excluding hydrogens is 204 g/mol. The number of aromatic amines is 1. The smallest absolute Gasteiger partial charge is 0.344 e. The molecule has 2 unspecified atom stereocenters. The van der Waals surface area contributed by atoms with Crippen molar-refractivity contribution in [2.75, 3.05) is 7.11 Å². The van der Waals surface area contributed by atoms with Crippen LogP contribution in [0, 0.1) is 0 Å². The quantitative estimate of drug-likeness (QED) is 0.519. The van der Waals surface area contributed by atoms with Gasteiger partial charge in [-0.15, -0.1) is 0 Å². The zero-order valence-corrected chi connectivity index (χ0v) is 7.88. The molecule has 15 heavy (non-hydrogen) atoms. The highest BCUT2D eigenvalue weighted by atomic mass is 16.5. The third kappa shape index (κ3) is 2.61. The molecule has 1 aromatic heterocycles. The Morgan fingerprint density at radius 1 is 1.60 bits per heavy atom. The Labute approximate surface area is 84.4 Å². The second kappa shape index (κ2) is 4.67. The average molecular weight is 214 g/mol. The maximum absolute atomic E-state index is 10.9. The predicted molar refractivity (Wildman–Crippen MR) is 47.8 cm³/mol. The van der Waals surface area contributed by atoms with Crippen LogP contribution in [-0.2, 0) is 9.53 Å². The van der Waals surface area contributed by atoms with E-state index in [0.29, 0.717) is 0 Å². The van der Waals surface area contributed by atoms with Crippen molar-refractivity contribution in [2.24, 2.45) is 0 Å². The van der Waals surface area contributed by atoms with Gasteiger partial charge in [-0.25, -0.2) is 14.6 Å². The van der Waals surface area contributed by atoms with Gasteiger partial charge in [-0.2, -0.15) is 0 Å². The maximum Gasteiger partial charge on any atom is 0.344 e. The first-order valence-corrected chi connectivity index (χ1v) is 4.05. The number of aliphatic hydroxyl groups is 2. The van der Waals surface area contributed by atoms with Gasteiger partial charge in [0.25, 0.3) is 0 Å². The fourth-order valence-corrected chi connectivity index (χ4v) is 0.946. The first kappa shape index (κ1) is 11.3. The fourth-order valence-electron chi connectivity index (χ4n) is 0.946. The zero-order valence-electron chi connectivity index (χ0n) is 7.88. The number of aromatic nitrogens is 2. The molecule has 0 saturated heterocycles. The lowest BCUT2D eigenvalue weighted by molar-refractivity contribution is -0.156. The highest BCUT2D eigenvalue weighted by Crippen LogP contribution is 2.14. The predicted octanol–water partition coefficient (Wildman–Crippen LogP) is -1.66. The van der Waals surface area contributed by atoms with Crippen molar-refractivity contribution in [1.82, 2.24) is 9.97 Å². The van der Waals surface area contributed by atoms with Gasteiger partial charge >= 0.3 is 11.7 Å². The number of esters is 1. The van der Waals surface area contributed by atoms with Crippen LogP contribution in [0.5, 0.6) is 0 Å². The van der Waals surface area contributed by atoms with E-state index in [4.69, 9.17) is 0 Å². The second-order valence-electron chi connectivity index (χ2n) is 2.76. The van der Waals surface area contributed by atoms with E-state index in [1.54, 1.807) is 0 Å². The number of methoxy groups -OCH3 is 1. The number of rotatable bonds is 3. The van der Waals surface area contributed by atoms with Crippen LogP contribution in [0.2, 0.25) is 0 Å². The van der Waals surface area contributed by atoms with Gasteiger partial charge in [0.05, 0.1) is 7.11 Å². The first-order valence-electron chi connectivity index (χ1n) is 4.05. The van der Waals surface area contributed by atoms with Gasteiger partial charge in [0.15, 0.2) is 6.10 Å². The molecule has 0 bridgehead atoms. The van der Waals surface area contributed by atoms with Crippen LogP contribution in [0.3, 0.4) is 0 Å². The summed E-state index contributed by atoms with van der Waals surface area (Å²) in [4.78, 5) is 27.0. The minimum Gasteiger partial charge on any atom is -0.467 e. The van der Waals surface area contributed by atoms with Crippen LogP contribution < -0.4 is 5.69 Å². The van der Waals surface area contributed by atoms with Crippen molar-refractivity contribution in [2.45, 2.75) is 12.2 Å². The third-order valence-corrected chi connectivity index (χ3v) is 1.78. The van der Waals surface area contributed by atoms with Gasteiger partial charge in [0, 0.05) is 18.0 Å². The average Bonchev–Trinajstić information content (AvgIpc) is 2.27. The zero-order chi connectivity index (χ0) is 11.4. The number of aliphatic hydroxyl groups excluding tert-OH is 2. The molecule has 2 atom stereocenters. The standard InChI is InChI=1S/C8H10N2O5/c1-15-7(13)6(12)5(11)4-2-9-8(14)10-3-4/h2-3,5-6,11-12H,1H3,(H,9,10,14). The molecule has 7 heteroatoms. The largest absolute Gasteiger partial charge is 0.467 e. The number of H-pyrrole nitrogens is 1. The summed E-state index contributed by atoms with van der Waals surface area (Å²) in [6, 6.07) is 0. The lowest BCUT2D eigenvalue weighted by Gasteiger charge is -2.14. The lowest BCUT2D eigenvalue weighted by atomic mass is 10.1. The van der Waals surface area contributed by atoms with E-state index in [1.165, 1.54) is 0 Å². The Balaban J connectivity index is 2.84. The van der Waals surface area contributed by atoms with E-state index in [-0.39, 0.29) is 5.56 Å². The Morgan fingerprint density at radius 2 is 2.27 bits per heavy atom. The van der Waals surface area contributed by atoms with E-state index in [1.807, 2.05) is 0 Å². The summed E-state index contributed by atoms with van der Waals surface area (Å²) < 4.78 is 4.24. The maximum atomic E-state index is 10.9. The van der Waals surface area contributed by atoms with Crippen LogP contribution in [-0.4, -0.2) is 39.4 Å². The minimum absolute atomic E-state index is 0.118. The van der Waals surface area contributed by atoms with E-state index in [9.17, 15) is 19.8 Å². The number of carbonyl (C=O) groups is 1. The molecular formula is C8H10N2O5. The molecule has 0 spiro atoms. The van der Waals surface area contributed by atoms with Gasteiger partial charge in [0.2, 0.25) is 0 Å².